The normalized spacial score (nSPS) is 11.0. The molecule has 1 amide bonds. The molecule has 4 heteroatoms. The molecule has 1 heterocycles. The van der Waals surface area contributed by atoms with Crippen molar-refractivity contribution in [2.45, 2.75) is 33.6 Å². The Morgan fingerprint density at radius 2 is 2.00 bits per heavy atom. The standard InChI is InChI=1S/C20H22N2O2/c1-4-22(17-7-5-6-14(2)12-17)20(23)11-9-16-8-10-19-18(13-16)21-15(3)24-19/h5-8,10,12-13H,4,9,11H2,1-3H3. The summed E-state index contributed by atoms with van der Waals surface area (Å²) in [5.41, 5.74) is 4.86. The van der Waals surface area contributed by atoms with Crippen LogP contribution in [-0.4, -0.2) is 17.4 Å². The molecule has 0 aliphatic carbocycles. The molecule has 0 atom stereocenters. The Labute approximate surface area is 142 Å². The summed E-state index contributed by atoms with van der Waals surface area (Å²) in [5.74, 6) is 0.800. The number of benzene rings is 2. The number of hydrogen-bond donors (Lipinski definition) is 0. The highest BCUT2D eigenvalue weighted by Gasteiger charge is 2.14. The van der Waals surface area contributed by atoms with E-state index in [4.69, 9.17) is 4.42 Å². The van der Waals surface area contributed by atoms with Crippen LogP contribution in [0.3, 0.4) is 0 Å². The van der Waals surface area contributed by atoms with Gasteiger partial charge < -0.3 is 9.32 Å². The Kier molecular flexibility index (Phi) is 4.65. The maximum Gasteiger partial charge on any atom is 0.227 e. The first kappa shape index (κ1) is 16.2. The van der Waals surface area contributed by atoms with Crippen molar-refractivity contribution >= 4 is 22.7 Å². The molecule has 0 fully saturated rings. The molecule has 0 bridgehead atoms. The second-order valence-electron chi connectivity index (χ2n) is 6.01. The molecule has 4 nitrogen and oxygen atoms in total. The first-order valence-electron chi connectivity index (χ1n) is 8.30. The van der Waals surface area contributed by atoms with Crippen LogP contribution in [0.4, 0.5) is 5.69 Å². The zero-order valence-corrected chi connectivity index (χ0v) is 14.4. The number of fused-ring (bicyclic) bond motifs is 1. The lowest BCUT2D eigenvalue weighted by atomic mass is 10.1. The Hall–Kier alpha value is -2.62. The van der Waals surface area contributed by atoms with Crippen LogP contribution in [0.5, 0.6) is 0 Å². The predicted octanol–water partition coefficient (Wildman–Crippen LogP) is 4.43. The highest BCUT2D eigenvalue weighted by atomic mass is 16.3. The molecule has 1 aromatic heterocycles. The van der Waals surface area contributed by atoms with Crippen LogP contribution in [0, 0.1) is 13.8 Å². The van der Waals surface area contributed by atoms with E-state index in [0.29, 0.717) is 25.3 Å². The van der Waals surface area contributed by atoms with Gasteiger partial charge in [-0.15, -0.1) is 0 Å². The van der Waals surface area contributed by atoms with Crippen molar-refractivity contribution in [1.82, 2.24) is 4.98 Å². The van der Waals surface area contributed by atoms with Gasteiger partial charge in [-0.1, -0.05) is 18.2 Å². The Morgan fingerprint density at radius 3 is 2.75 bits per heavy atom. The third-order valence-electron chi connectivity index (χ3n) is 4.12. The number of anilines is 1. The van der Waals surface area contributed by atoms with Crippen molar-refractivity contribution < 1.29 is 9.21 Å². The average molecular weight is 322 g/mol. The van der Waals surface area contributed by atoms with E-state index < -0.39 is 0 Å². The van der Waals surface area contributed by atoms with Crippen molar-refractivity contribution in [3.63, 3.8) is 0 Å². The summed E-state index contributed by atoms with van der Waals surface area (Å²) in [7, 11) is 0. The van der Waals surface area contributed by atoms with E-state index in [1.807, 2.05) is 68.1 Å². The predicted molar refractivity (Wildman–Crippen MR) is 96.3 cm³/mol. The van der Waals surface area contributed by atoms with Crippen LogP contribution < -0.4 is 4.90 Å². The van der Waals surface area contributed by atoms with Gasteiger partial charge in [0, 0.05) is 25.6 Å². The lowest BCUT2D eigenvalue weighted by Gasteiger charge is -2.21. The van der Waals surface area contributed by atoms with Crippen molar-refractivity contribution in [3.8, 4) is 0 Å². The number of nitrogens with zero attached hydrogens (tertiary/aromatic N) is 2. The lowest BCUT2D eigenvalue weighted by Crippen LogP contribution is -2.30. The fraction of sp³-hybridized carbons (Fsp3) is 0.300. The van der Waals surface area contributed by atoms with Gasteiger partial charge in [-0.3, -0.25) is 4.79 Å². The summed E-state index contributed by atoms with van der Waals surface area (Å²) in [6.07, 6.45) is 1.17. The van der Waals surface area contributed by atoms with Gasteiger partial charge in [0.15, 0.2) is 11.5 Å². The van der Waals surface area contributed by atoms with Gasteiger partial charge in [0.2, 0.25) is 5.91 Å². The number of oxazole rings is 1. The molecule has 0 spiro atoms. The zero-order chi connectivity index (χ0) is 17.1. The van der Waals surface area contributed by atoms with Crippen LogP contribution in [0.25, 0.3) is 11.1 Å². The molecule has 0 radical (unpaired) electrons. The summed E-state index contributed by atoms with van der Waals surface area (Å²) in [5, 5.41) is 0. The first-order valence-corrected chi connectivity index (χ1v) is 8.30. The smallest absolute Gasteiger partial charge is 0.227 e. The summed E-state index contributed by atoms with van der Waals surface area (Å²) in [4.78, 5) is 18.8. The number of aromatic nitrogens is 1. The number of rotatable bonds is 5. The molecule has 0 saturated heterocycles. The molecule has 2 aromatic carbocycles. The molecular formula is C20H22N2O2. The van der Waals surface area contributed by atoms with E-state index in [0.717, 1.165) is 27.9 Å². The molecular weight excluding hydrogens is 300 g/mol. The van der Waals surface area contributed by atoms with Crippen LogP contribution in [-0.2, 0) is 11.2 Å². The number of carbonyl (C=O) groups is 1. The van der Waals surface area contributed by atoms with Crippen LogP contribution >= 0.6 is 0 Å². The van der Waals surface area contributed by atoms with Gasteiger partial charge >= 0.3 is 0 Å². The lowest BCUT2D eigenvalue weighted by molar-refractivity contribution is -0.118. The van der Waals surface area contributed by atoms with Gasteiger partial charge in [0.05, 0.1) is 0 Å². The summed E-state index contributed by atoms with van der Waals surface area (Å²) in [6, 6.07) is 14.0. The minimum absolute atomic E-state index is 0.138. The van der Waals surface area contributed by atoms with Gasteiger partial charge in [-0.25, -0.2) is 4.98 Å². The third-order valence-corrected chi connectivity index (χ3v) is 4.12. The van der Waals surface area contributed by atoms with Crippen LogP contribution in [0.15, 0.2) is 46.9 Å². The molecule has 0 unspecified atom stereocenters. The maximum absolute atomic E-state index is 12.6. The fourth-order valence-electron chi connectivity index (χ4n) is 2.93. The first-order chi connectivity index (χ1) is 11.6. The molecule has 0 N–H and O–H groups in total. The second-order valence-corrected chi connectivity index (χ2v) is 6.01. The summed E-state index contributed by atoms with van der Waals surface area (Å²) in [6.45, 7) is 6.55. The van der Waals surface area contributed by atoms with Gasteiger partial charge in [0.1, 0.15) is 5.52 Å². The number of aryl methyl sites for hydroxylation is 3. The quantitative estimate of drug-likeness (QED) is 0.698. The highest BCUT2D eigenvalue weighted by molar-refractivity contribution is 5.93. The van der Waals surface area contributed by atoms with Crippen molar-refractivity contribution in [2.75, 3.05) is 11.4 Å². The Bertz CT molecular complexity index is 867. The van der Waals surface area contributed by atoms with Gasteiger partial charge in [0.25, 0.3) is 0 Å². The van der Waals surface area contributed by atoms with E-state index in [1.54, 1.807) is 0 Å². The Morgan fingerprint density at radius 1 is 1.17 bits per heavy atom. The van der Waals surface area contributed by atoms with E-state index in [-0.39, 0.29) is 5.91 Å². The maximum atomic E-state index is 12.6. The van der Waals surface area contributed by atoms with E-state index >= 15 is 0 Å². The minimum atomic E-state index is 0.138. The summed E-state index contributed by atoms with van der Waals surface area (Å²) >= 11 is 0. The van der Waals surface area contributed by atoms with E-state index in [1.165, 1.54) is 0 Å². The molecule has 0 aliphatic rings. The molecule has 0 saturated carbocycles. The molecule has 3 aromatic rings. The number of amides is 1. The molecule has 3 rings (SSSR count). The van der Waals surface area contributed by atoms with E-state index in [9.17, 15) is 4.79 Å². The zero-order valence-electron chi connectivity index (χ0n) is 14.4. The van der Waals surface area contributed by atoms with Crippen molar-refractivity contribution in [1.29, 1.82) is 0 Å². The van der Waals surface area contributed by atoms with E-state index in [2.05, 4.69) is 4.98 Å². The largest absolute Gasteiger partial charge is 0.441 e. The van der Waals surface area contributed by atoms with Gasteiger partial charge in [-0.05, 0) is 55.7 Å². The summed E-state index contributed by atoms with van der Waals surface area (Å²) < 4.78 is 5.49. The van der Waals surface area contributed by atoms with Crippen molar-refractivity contribution in [3.05, 3.63) is 59.5 Å². The molecule has 24 heavy (non-hydrogen) atoms. The average Bonchev–Trinajstić information content (AvgIpc) is 2.93. The third kappa shape index (κ3) is 3.48. The fourth-order valence-corrected chi connectivity index (χ4v) is 2.93. The second kappa shape index (κ2) is 6.87. The van der Waals surface area contributed by atoms with Gasteiger partial charge in [-0.2, -0.15) is 0 Å². The Balaban J connectivity index is 1.70. The monoisotopic (exact) mass is 322 g/mol. The van der Waals surface area contributed by atoms with Crippen LogP contribution in [0.2, 0.25) is 0 Å². The molecule has 124 valence electrons. The number of hydrogen-bond acceptors (Lipinski definition) is 3. The topological polar surface area (TPSA) is 46.3 Å². The van der Waals surface area contributed by atoms with Crippen LogP contribution in [0.1, 0.15) is 30.4 Å². The molecule has 0 aliphatic heterocycles. The highest BCUT2D eigenvalue weighted by Crippen LogP contribution is 2.20. The number of carbonyl (C=O) groups excluding carboxylic acids is 1. The minimum Gasteiger partial charge on any atom is -0.441 e. The SMILES string of the molecule is CCN(C(=O)CCc1ccc2oc(C)nc2c1)c1cccc(C)c1. The van der Waals surface area contributed by atoms with Crippen molar-refractivity contribution in [2.24, 2.45) is 0 Å².